The summed E-state index contributed by atoms with van der Waals surface area (Å²) in [6, 6.07) is 24.2. The van der Waals surface area contributed by atoms with Gasteiger partial charge in [0.2, 0.25) is 23.6 Å². The van der Waals surface area contributed by atoms with Crippen molar-refractivity contribution in [2.45, 2.75) is 18.3 Å². The van der Waals surface area contributed by atoms with Crippen molar-refractivity contribution in [1.82, 2.24) is 4.98 Å². The number of carbonyl (C=O) groups excluding carboxylic acids is 5. The number of nitrogens with zero attached hydrogens (tertiary/aromatic N) is 2. The second-order valence-corrected chi connectivity index (χ2v) is 9.94. The molecule has 2 fully saturated rings. The van der Waals surface area contributed by atoms with E-state index in [1.807, 2.05) is 0 Å². The fourth-order valence-corrected chi connectivity index (χ4v) is 6.57. The van der Waals surface area contributed by atoms with E-state index in [2.05, 4.69) is 4.98 Å². The number of fused-ring (bicyclic) bond motifs is 5. The lowest BCUT2D eigenvalue weighted by atomic mass is 9.59. The lowest BCUT2D eigenvalue weighted by Crippen LogP contribution is -2.53. The number of benzene rings is 3. The zero-order valence-corrected chi connectivity index (χ0v) is 20.1. The maximum Gasteiger partial charge on any atom is 0.247 e. The van der Waals surface area contributed by atoms with Crippen molar-refractivity contribution >= 4 is 51.7 Å². The molecule has 1 aromatic heterocycles. The van der Waals surface area contributed by atoms with Crippen molar-refractivity contribution in [3.05, 3.63) is 96.2 Å². The van der Waals surface area contributed by atoms with Crippen LogP contribution in [0.5, 0.6) is 0 Å². The number of anilines is 2. The molecular weight excluding hydrogens is 482 g/mol. The SMILES string of the molecule is O=C1C[C@H]2C(=O)N(c3ccccc3)C(=O)[C@@]2(C2CC(=O)N(c3ccccc3)C2=O)c2[nH]c3ccccc3c21. The molecule has 186 valence electrons. The molecule has 2 aliphatic heterocycles. The van der Waals surface area contributed by atoms with Crippen LogP contribution in [0.25, 0.3) is 10.9 Å². The predicted molar refractivity (Wildman–Crippen MR) is 138 cm³/mol. The summed E-state index contributed by atoms with van der Waals surface area (Å²) < 4.78 is 0. The van der Waals surface area contributed by atoms with E-state index in [9.17, 15) is 24.0 Å². The van der Waals surface area contributed by atoms with Gasteiger partial charge in [0, 0.05) is 35.0 Å². The van der Waals surface area contributed by atoms with E-state index in [1.165, 1.54) is 0 Å². The zero-order valence-electron chi connectivity index (χ0n) is 20.1. The number of rotatable bonds is 3. The molecule has 2 saturated heterocycles. The quantitative estimate of drug-likeness (QED) is 0.429. The standard InChI is InChI=1S/C30H21N3O5/c34-23-15-20-28(37)33(18-11-5-2-6-12-18)29(38)30(20,26-25(23)19-13-7-8-14-22(19)31-26)21-16-24(35)32(27(21)36)17-9-3-1-4-10-17/h1-14,20-21,31H,15-16H2/t20-,21?,30-/m0/s1. The first-order valence-corrected chi connectivity index (χ1v) is 12.4. The van der Waals surface area contributed by atoms with Crippen LogP contribution < -0.4 is 9.80 Å². The Kier molecular flexibility index (Phi) is 4.60. The largest absolute Gasteiger partial charge is 0.357 e. The van der Waals surface area contributed by atoms with Gasteiger partial charge in [-0.25, -0.2) is 4.90 Å². The van der Waals surface area contributed by atoms with Crippen LogP contribution in [0.15, 0.2) is 84.9 Å². The van der Waals surface area contributed by atoms with Crippen molar-refractivity contribution in [2.75, 3.05) is 9.80 Å². The number of aromatic amines is 1. The molecule has 8 heteroatoms. The first-order valence-electron chi connectivity index (χ1n) is 12.4. The van der Waals surface area contributed by atoms with Crippen LogP contribution in [0.3, 0.4) is 0 Å². The summed E-state index contributed by atoms with van der Waals surface area (Å²) >= 11 is 0. The number of nitrogens with one attached hydrogen (secondary N) is 1. The molecule has 38 heavy (non-hydrogen) atoms. The van der Waals surface area contributed by atoms with Gasteiger partial charge in [0.15, 0.2) is 5.78 Å². The maximum absolute atomic E-state index is 14.6. The number of Topliss-reactive ketones (excluding diaryl/α,β-unsaturated/α-hetero) is 1. The van der Waals surface area contributed by atoms with Gasteiger partial charge in [0.05, 0.1) is 23.2 Å². The Balaban J connectivity index is 1.50. The fraction of sp³-hybridized carbons (Fsp3) is 0.167. The molecule has 3 heterocycles. The maximum atomic E-state index is 14.6. The molecular formula is C30H21N3O5. The Hall–Kier alpha value is -4.85. The fourth-order valence-electron chi connectivity index (χ4n) is 6.57. The number of para-hydroxylation sites is 3. The molecule has 0 bridgehead atoms. The normalized spacial score (nSPS) is 24.9. The molecule has 0 radical (unpaired) electrons. The van der Waals surface area contributed by atoms with Gasteiger partial charge in [-0.2, -0.15) is 0 Å². The molecule has 4 aromatic rings. The van der Waals surface area contributed by atoms with Crippen molar-refractivity contribution in [1.29, 1.82) is 0 Å². The van der Waals surface area contributed by atoms with E-state index in [0.717, 1.165) is 9.80 Å². The minimum Gasteiger partial charge on any atom is -0.357 e. The highest BCUT2D eigenvalue weighted by Crippen LogP contribution is 2.56. The molecule has 3 aliphatic rings. The predicted octanol–water partition coefficient (Wildman–Crippen LogP) is 3.76. The van der Waals surface area contributed by atoms with Crippen LogP contribution in [0.4, 0.5) is 11.4 Å². The van der Waals surface area contributed by atoms with E-state index in [4.69, 9.17) is 0 Å². The Morgan fingerprint density at radius 3 is 1.89 bits per heavy atom. The summed E-state index contributed by atoms with van der Waals surface area (Å²) in [6.07, 6.45) is -0.485. The van der Waals surface area contributed by atoms with Gasteiger partial charge in [-0.3, -0.25) is 28.9 Å². The van der Waals surface area contributed by atoms with E-state index in [1.54, 1.807) is 84.9 Å². The molecule has 3 aromatic carbocycles. The van der Waals surface area contributed by atoms with Crippen molar-refractivity contribution in [2.24, 2.45) is 11.8 Å². The van der Waals surface area contributed by atoms with Crippen LogP contribution in [0, 0.1) is 11.8 Å². The highest BCUT2D eigenvalue weighted by Gasteiger charge is 2.71. The van der Waals surface area contributed by atoms with Crippen LogP contribution in [0.1, 0.15) is 28.9 Å². The third kappa shape index (κ3) is 2.71. The summed E-state index contributed by atoms with van der Waals surface area (Å²) in [4.78, 5) is 74.9. The van der Waals surface area contributed by atoms with Crippen LogP contribution in [0.2, 0.25) is 0 Å². The van der Waals surface area contributed by atoms with Gasteiger partial charge >= 0.3 is 0 Å². The minimum atomic E-state index is -1.73. The first-order chi connectivity index (χ1) is 18.4. The Labute approximate surface area is 216 Å². The van der Waals surface area contributed by atoms with Gasteiger partial charge < -0.3 is 4.98 Å². The highest BCUT2D eigenvalue weighted by molar-refractivity contribution is 6.32. The van der Waals surface area contributed by atoms with E-state index >= 15 is 0 Å². The molecule has 0 saturated carbocycles. The Bertz CT molecular complexity index is 1690. The average molecular weight is 504 g/mol. The second-order valence-electron chi connectivity index (χ2n) is 9.94. The van der Waals surface area contributed by atoms with Gasteiger partial charge in [-0.1, -0.05) is 54.6 Å². The number of hydrogen-bond acceptors (Lipinski definition) is 5. The van der Waals surface area contributed by atoms with Crippen LogP contribution in [-0.2, 0) is 24.6 Å². The minimum absolute atomic E-state index is 0.230. The number of amides is 4. The number of H-pyrrole nitrogens is 1. The molecule has 1 N–H and O–H groups in total. The Morgan fingerprint density at radius 2 is 1.21 bits per heavy atom. The van der Waals surface area contributed by atoms with E-state index in [-0.39, 0.29) is 24.3 Å². The molecule has 3 atom stereocenters. The molecule has 1 aliphatic carbocycles. The van der Waals surface area contributed by atoms with E-state index < -0.39 is 40.9 Å². The smallest absolute Gasteiger partial charge is 0.247 e. The second kappa shape index (κ2) is 7.82. The topological polar surface area (TPSA) is 108 Å². The molecule has 1 unspecified atom stereocenters. The highest BCUT2D eigenvalue weighted by atomic mass is 16.2. The summed E-state index contributed by atoms with van der Waals surface area (Å²) in [5.41, 5.74) is 0.215. The first kappa shape index (κ1) is 22.4. The third-order valence-electron chi connectivity index (χ3n) is 8.14. The molecule has 4 amide bonds. The molecule has 8 nitrogen and oxygen atoms in total. The summed E-state index contributed by atoms with van der Waals surface area (Å²) in [6.45, 7) is 0. The summed E-state index contributed by atoms with van der Waals surface area (Å²) in [5, 5.41) is 0.625. The van der Waals surface area contributed by atoms with Crippen molar-refractivity contribution in [3.63, 3.8) is 0 Å². The lowest BCUT2D eigenvalue weighted by molar-refractivity contribution is -0.132. The van der Waals surface area contributed by atoms with E-state index in [0.29, 0.717) is 27.8 Å². The third-order valence-corrected chi connectivity index (χ3v) is 8.14. The lowest BCUT2D eigenvalue weighted by Gasteiger charge is -2.38. The van der Waals surface area contributed by atoms with Crippen LogP contribution >= 0.6 is 0 Å². The summed E-state index contributed by atoms with van der Waals surface area (Å²) in [5.74, 6) is -4.71. The average Bonchev–Trinajstić information content (AvgIpc) is 3.54. The monoisotopic (exact) mass is 503 g/mol. The van der Waals surface area contributed by atoms with Gasteiger partial charge in [-0.05, 0) is 30.3 Å². The number of carbonyl (C=O) groups is 5. The number of hydrogen-bond donors (Lipinski definition) is 1. The van der Waals surface area contributed by atoms with Gasteiger partial charge in [0.1, 0.15) is 5.41 Å². The summed E-state index contributed by atoms with van der Waals surface area (Å²) in [7, 11) is 0. The number of aromatic nitrogens is 1. The van der Waals surface area contributed by atoms with Gasteiger partial charge in [-0.15, -0.1) is 0 Å². The zero-order chi connectivity index (χ0) is 26.2. The van der Waals surface area contributed by atoms with Gasteiger partial charge in [0.25, 0.3) is 0 Å². The van der Waals surface area contributed by atoms with Crippen molar-refractivity contribution in [3.8, 4) is 0 Å². The molecule has 0 spiro atoms. The van der Waals surface area contributed by atoms with Crippen LogP contribution in [-0.4, -0.2) is 34.4 Å². The van der Waals surface area contributed by atoms with Crippen molar-refractivity contribution < 1.29 is 24.0 Å². The molecule has 7 rings (SSSR count). The number of ketones is 1. The number of imide groups is 2. The Morgan fingerprint density at radius 1 is 0.658 bits per heavy atom.